The normalized spacial score (nSPS) is 10.5. The third kappa shape index (κ3) is 2.41. The zero-order valence-corrected chi connectivity index (χ0v) is 9.44. The summed E-state index contributed by atoms with van der Waals surface area (Å²) in [6, 6.07) is 6.34. The van der Waals surface area contributed by atoms with Gasteiger partial charge in [0.1, 0.15) is 5.75 Å². The van der Waals surface area contributed by atoms with E-state index >= 15 is 0 Å². The van der Waals surface area contributed by atoms with Crippen LogP contribution in [-0.4, -0.2) is 13.4 Å². The van der Waals surface area contributed by atoms with E-state index in [4.69, 9.17) is 4.74 Å². The van der Waals surface area contributed by atoms with Crippen LogP contribution < -0.4 is 4.74 Å². The highest BCUT2D eigenvalue weighted by Crippen LogP contribution is 2.29. The molecule has 13 heavy (non-hydrogen) atoms. The van der Waals surface area contributed by atoms with Crippen LogP contribution in [0.15, 0.2) is 23.1 Å². The second kappa shape index (κ2) is 4.56. The molecule has 0 aromatic heterocycles. The van der Waals surface area contributed by atoms with Gasteiger partial charge in [0.2, 0.25) is 0 Å². The molecule has 0 spiro atoms. The van der Waals surface area contributed by atoms with Crippen molar-refractivity contribution in [1.29, 1.82) is 0 Å². The van der Waals surface area contributed by atoms with Gasteiger partial charge in [0, 0.05) is 4.90 Å². The Morgan fingerprint density at radius 2 is 2.00 bits per heavy atom. The van der Waals surface area contributed by atoms with Crippen molar-refractivity contribution in [2.24, 2.45) is 0 Å². The van der Waals surface area contributed by atoms with Crippen LogP contribution in [0.3, 0.4) is 0 Å². The average Bonchev–Trinajstić information content (AvgIpc) is 2.16. The van der Waals surface area contributed by atoms with E-state index < -0.39 is 0 Å². The Labute approximate surface area is 84.5 Å². The van der Waals surface area contributed by atoms with Gasteiger partial charge in [0.25, 0.3) is 0 Å². The number of benzene rings is 1. The highest BCUT2D eigenvalue weighted by molar-refractivity contribution is 7.98. The van der Waals surface area contributed by atoms with Crippen LogP contribution in [-0.2, 0) is 0 Å². The zero-order chi connectivity index (χ0) is 9.84. The smallest absolute Gasteiger partial charge is 0.122 e. The summed E-state index contributed by atoms with van der Waals surface area (Å²) < 4.78 is 5.30. The maximum atomic E-state index is 5.30. The van der Waals surface area contributed by atoms with Gasteiger partial charge in [-0.15, -0.1) is 11.8 Å². The van der Waals surface area contributed by atoms with Crippen molar-refractivity contribution in [3.8, 4) is 5.75 Å². The molecule has 0 heterocycles. The lowest BCUT2D eigenvalue weighted by atomic mass is 10.0. The quantitative estimate of drug-likeness (QED) is 0.684. The second-order valence-electron chi connectivity index (χ2n) is 3.26. The fourth-order valence-corrected chi connectivity index (χ4v) is 1.74. The lowest BCUT2D eigenvalue weighted by molar-refractivity contribution is 0.407. The molecule has 0 aliphatic carbocycles. The van der Waals surface area contributed by atoms with Crippen LogP contribution in [0.2, 0.25) is 0 Å². The summed E-state index contributed by atoms with van der Waals surface area (Å²) in [7, 11) is 1.72. The van der Waals surface area contributed by atoms with E-state index in [1.807, 2.05) is 6.07 Å². The standard InChI is InChI=1S/C11H16OS/c1-8(2)10-7-9(13-4)5-6-11(10)12-3/h5-8H,1-4H3. The largest absolute Gasteiger partial charge is 0.496 e. The van der Waals surface area contributed by atoms with Crippen LogP contribution in [0, 0.1) is 0 Å². The number of thioether (sulfide) groups is 1. The van der Waals surface area contributed by atoms with Crippen LogP contribution in [0.25, 0.3) is 0 Å². The summed E-state index contributed by atoms with van der Waals surface area (Å²) in [6.45, 7) is 4.36. The zero-order valence-electron chi connectivity index (χ0n) is 8.63. The molecule has 0 saturated carbocycles. The second-order valence-corrected chi connectivity index (χ2v) is 4.14. The van der Waals surface area contributed by atoms with Crippen molar-refractivity contribution < 1.29 is 4.74 Å². The van der Waals surface area contributed by atoms with E-state index in [1.165, 1.54) is 10.5 Å². The van der Waals surface area contributed by atoms with Crippen LogP contribution in [0.1, 0.15) is 25.3 Å². The molecule has 0 atom stereocenters. The van der Waals surface area contributed by atoms with Crippen molar-refractivity contribution in [3.05, 3.63) is 23.8 Å². The predicted octanol–water partition coefficient (Wildman–Crippen LogP) is 3.54. The van der Waals surface area contributed by atoms with E-state index in [9.17, 15) is 0 Å². The van der Waals surface area contributed by atoms with Crippen molar-refractivity contribution >= 4 is 11.8 Å². The fourth-order valence-electron chi connectivity index (χ4n) is 1.29. The summed E-state index contributed by atoms with van der Waals surface area (Å²) in [4.78, 5) is 1.30. The summed E-state index contributed by atoms with van der Waals surface area (Å²) in [5.41, 5.74) is 1.29. The maximum absolute atomic E-state index is 5.30. The summed E-state index contributed by atoms with van der Waals surface area (Å²) >= 11 is 1.76. The Bertz CT molecular complexity index is 281. The first-order chi connectivity index (χ1) is 6.19. The van der Waals surface area contributed by atoms with Gasteiger partial charge in [-0.05, 0) is 35.9 Å². The van der Waals surface area contributed by atoms with Crippen molar-refractivity contribution in [1.82, 2.24) is 0 Å². The molecule has 0 fully saturated rings. The number of hydrogen-bond donors (Lipinski definition) is 0. The molecule has 1 nitrogen and oxygen atoms in total. The molecule has 0 N–H and O–H groups in total. The third-order valence-corrected chi connectivity index (χ3v) is 2.78. The number of hydrogen-bond acceptors (Lipinski definition) is 2. The lowest BCUT2D eigenvalue weighted by Crippen LogP contribution is -1.94. The summed E-state index contributed by atoms with van der Waals surface area (Å²) in [6.07, 6.45) is 2.09. The Morgan fingerprint density at radius 3 is 2.46 bits per heavy atom. The molecule has 0 bridgehead atoms. The molecule has 0 unspecified atom stereocenters. The third-order valence-electron chi connectivity index (χ3n) is 2.06. The first-order valence-corrected chi connectivity index (χ1v) is 5.63. The minimum absolute atomic E-state index is 0.516. The van der Waals surface area contributed by atoms with Gasteiger partial charge < -0.3 is 4.74 Å². The lowest BCUT2D eigenvalue weighted by Gasteiger charge is -2.12. The first-order valence-electron chi connectivity index (χ1n) is 4.41. The van der Waals surface area contributed by atoms with E-state index in [-0.39, 0.29) is 0 Å². The summed E-state index contributed by atoms with van der Waals surface area (Å²) in [5, 5.41) is 0. The molecule has 1 aromatic carbocycles. The highest BCUT2D eigenvalue weighted by atomic mass is 32.2. The van der Waals surface area contributed by atoms with E-state index in [2.05, 4.69) is 32.2 Å². The van der Waals surface area contributed by atoms with E-state index in [1.54, 1.807) is 18.9 Å². The van der Waals surface area contributed by atoms with Crippen LogP contribution in [0.4, 0.5) is 0 Å². The van der Waals surface area contributed by atoms with Gasteiger partial charge in [-0.2, -0.15) is 0 Å². The molecule has 72 valence electrons. The molecule has 1 aromatic rings. The van der Waals surface area contributed by atoms with Crippen molar-refractivity contribution in [2.75, 3.05) is 13.4 Å². The van der Waals surface area contributed by atoms with Gasteiger partial charge >= 0.3 is 0 Å². The minimum Gasteiger partial charge on any atom is -0.496 e. The van der Waals surface area contributed by atoms with Crippen molar-refractivity contribution in [3.63, 3.8) is 0 Å². The molecule has 1 rings (SSSR count). The van der Waals surface area contributed by atoms with Gasteiger partial charge in [-0.3, -0.25) is 0 Å². The van der Waals surface area contributed by atoms with Gasteiger partial charge in [-0.25, -0.2) is 0 Å². The van der Waals surface area contributed by atoms with E-state index in [0.29, 0.717) is 5.92 Å². The number of ether oxygens (including phenoxy) is 1. The van der Waals surface area contributed by atoms with Gasteiger partial charge in [0.15, 0.2) is 0 Å². The number of methoxy groups -OCH3 is 1. The fraction of sp³-hybridized carbons (Fsp3) is 0.455. The highest BCUT2D eigenvalue weighted by Gasteiger charge is 2.07. The monoisotopic (exact) mass is 196 g/mol. The molecular formula is C11H16OS. The van der Waals surface area contributed by atoms with Crippen molar-refractivity contribution in [2.45, 2.75) is 24.7 Å². The molecule has 0 radical (unpaired) electrons. The molecule has 0 aliphatic heterocycles. The summed E-state index contributed by atoms with van der Waals surface area (Å²) in [5.74, 6) is 1.51. The SMILES string of the molecule is COc1ccc(SC)cc1C(C)C. The minimum atomic E-state index is 0.516. The maximum Gasteiger partial charge on any atom is 0.122 e. The molecule has 2 heteroatoms. The molecule has 0 aliphatic rings. The Morgan fingerprint density at radius 1 is 1.31 bits per heavy atom. The van der Waals surface area contributed by atoms with Crippen LogP contribution >= 0.6 is 11.8 Å². The predicted molar refractivity (Wildman–Crippen MR) is 58.9 cm³/mol. The Balaban J connectivity index is 3.10. The van der Waals surface area contributed by atoms with E-state index in [0.717, 1.165) is 5.75 Å². The Hall–Kier alpha value is -0.630. The molecular weight excluding hydrogens is 180 g/mol. The topological polar surface area (TPSA) is 9.23 Å². The molecule has 0 saturated heterocycles. The molecule has 0 amide bonds. The average molecular weight is 196 g/mol. The Kier molecular flexibility index (Phi) is 3.67. The van der Waals surface area contributed by atoms with Gasteiger partial charge in [-0.1, -0.05) is 13.8 Å². The van der Waals surface area contributed by atoms with Crippen LogP contribution in [0.5, 0.6) is 5.75 Å². The number of rotatable bonds is 3. The van der Waals surface area contributed by atoms with Gasteiger partial charge in [0.05, 0.1) is 7.11 Å². The first kappa shape index (κ1) is 10.5.